The van der Waals surface area contributed by atoms with E-state index < -0.39 is 21.7 Å². The molecule has 6 heteroatoms. The number of halogens is 1. The first-order valence-corrected chi connectivity index (χ1v) is 9.31. The summed E-state index contributed by atoms with van der Waals surface area (Å²) in [6, 6.07) is 12.3. The lowest BCUT2D eigenvalue weighted by molar-refractivity contribution is 0.560. The van der Waals surface area contributed by atoms with E-state index in [0.29, 0.717) is 21.7 Å². The molecule has 1 aromatic heterocycles. The van der Waals surface area contributed by atoms with E-state index in [1.54, 1.807) is 12.1 Å². The first-order chi connectivity index (χ1) is 12.3. The van der Waals surface area contributed by atoms with E-state index in [1.165, 1.54) is 18.5 Å². The maximum atomic E-state index is 14.7. The predicted molar refractivity (Wildman–Crippen MR) is 103 cm³/mol. The van der Waals surface area contributed by atoms with Crippen molar-refractivity contribution in [1.29, 1.82) is 0 Å². The Balaban J connectivity index is 2.04. The van der Waals surface area contributed by atoms with Crippen molar-refractivity contribution in [2.24, 2.45) is 0 Å². The average Bonchev–Trinajstić information content (AvgIpc) is 2.61. The summed E-state index contributed by atoms with van der Waals surface area (Å²) in [5, 5.41) is 0. The highest BCUT2D eigenvalue weighted by molar-refractivity contribution is 7.92. The molecule has 26 heavy (non-hydrogen) atoms. The fourth-order valence-electron chi connectivity index (χ4n) is 2.56. The van der Waals surface area contributed by atoms with Crippen LogP contribution in [0.1, 0.15) is 20.8 Å². The van der Waals surface area contributed by atoms with E-state index >= 15 is 0 Å². The minimum atomic E-state index is -1.22. The molecule has 0 bridgehead atoms. The SMILES string of the molecule is CC(C)(C)[S+]([O-])c1ccccc1-c1ccc(-c2cnc(N)cn2)c(F)c1. The number of nitrogens with zero attached hydrogens (tertiary/aromatic N) is 2. The maximum Gasteiger partial charge on any atom is 0.161 e. The molecule has 0 aliphatic heterocycles. The van der Waals surface area contributed by atoms with Crippen molar-refractivity contribution in [2.75, 3.05) is 5.73 Å². The first kappa shape index (κ1) is 18.4. The van der Waals surface area contributed by atoms with E-state index in [1.807, 2.05) is 45.0 Å². The summed E-state index contributed by atoms with van der Waals surface area (Å²) in [5.41, 5.74) is 7.71. The minimum Gasteiger partial charge on any atom is -0.611 e. The van der Waals surface area contributed by atoms with Crippen LogP contribution < -0.4 is 5.73 Å². The van der Waals surface area contributed by atoms with E-state index in [-0.39, 0.29) is 5.82 Å². The van der Waals surface area contributed by atoms with E-state index in [9.17, 15) is 8.94 Å². The van der Waals surface area contributed by atoms with Gasteiger partial charge in [-0.1, -0.05) is 18.2 Å². The third-order valence-corrected chi connectivity index (χ3v) is 5.74. The van der Waals surface area contributed by atoms with Crippen molar-refractivity contribution < 1.29 is 8.94 Å². The Morgan fingerprint density at radius 1 is 1.00 bits per heavy atom. The van der Waals surface area contributed by atoms with Gasteiger partial charge < -0.3 is 10.3 Å². The lowest BCUT2D eigenvalue weighted by Crippen LogP contribution is -2.28. The molecule has 3 aromatic rings. The molecule has 3 rings (SSSR count). The Hall–Kier alpha value is -2.44. The number of aromatic nitrogens is 2. The summed E-state index contributed by atoms with van der Waals surface area (Å²) >= 11 is -1.22. The molecule has 134 valence electrons. The standard InChI is InChI=1S/C20H20FN3OS/c1-20(2,3)26(25)18-7-5-4-6-14(18)13-8-9-15(16(21)10-13)17-11-24-19(22)12-23-17/h4-12H,1-3H3,(H2,22,24). The highest BCUT2D eigenvalue weighted by Gasteiger charge is 2.30. The van der Waals surface area contributed by atoms with Gasteiger partial charge in [0.05, 0.1) is 18.1 Å². The Bertz CT molecular complexity index is 923. The summed E-state index contributed by atoms with van der Waals surface area (Å²) in [7, 11) is 0. The summed E-state index contributed by atoms with van der Waals surface area (Å²) in [5.74, 6) is -0.137. The zero-order chi connectivity index (χ0) is 18.9. The first-order valence-electron chi connectivity index (χ1n) is 8.16. The maximum absolute atomic E-state index is 14.7. The van der Waals surface area contributed by atoms with Crippen LogP contribution in [0.25, 0.3) is 22.4 Å². The van der Waals surface area contributed by atoms with Crippen LogP contribution in [0.2, 0.25) is 0 Å². The molecule has 0 radical (unpaired) electrons. The Kier molecular flexibility index (Phi) is 4.98. The van der Waals surface area contributed by atoms with Gasteiger partial charge in [-0.05, 0) is 61.8 Å². The van der Waals surface area contributed by atoms with Crippen LogP contribution in [-0.2, 0) is 11.2 Å². The number of hydrogen-bond acceptors (Lipinski definition) is 4. The molecule has 0 aliphatic carbocycles. The molecule has 0 fully saturated rings. The quantitative estimate of drug-likeness (QED) is 0.693. The van der Waals surface area contributed by atoms with Crippen LogP contribution in [0, 0.1) is 5.82 Å². The van der Waals surface area contributed by atoms with Gasteiger partial charge in [0, 0.05) is 11.1 Å². The number of nitrogen functional groups attached to an aromatic ring is 1. The van der Waals surface area contributed by atoms with Gasteiger partial charge in [0.25, 0.3) is 0 Å². The van der Waals surface area contributed by atoms with Crippen molar-refractivity contribution in [2.45, 2.75) is 30.4 Å². The summed E-state index contributed by atoms with van der Waals surface area (Å²) in [6.45, 7) is 5.76. The lowest BCUT2D eigenvalue weighted by Gasteiger charge is -2.25. The van der Waals surface area contributed by atoms with Crippen LogP contribution >= 0.6 is 0 Å². The molecule has 1 unspecified atom stereocenters. The zero-order valence-corrected chi connectivity index (χ0v) is 15.7. The monoisotopic (exact) mass is 369 g/mol. The van der Waals surface area contributed by atoms with Crippen molar-refractivity contribution in [1.82, 2.24) is 9.97 Å². The summed E-state index contributed by atoms with van der Waals surface area (Å²) < 4.78 is 27.2. The van der Waals surface area contributed by atoms with Gasteiger partial charge >= 0.3 is 0 Å². The Morgan fingerprint density at radius 2 is 1.73 bits per heavy atom. The summed E-state index contributed by atoms with van der Waals surface area (Å²) in [4.78, 5) is 8.76. The van der Waals surface area contributed by atoms with Gasteiger partial charge in [-0.15, -0.1) is 0 Å². The number of anilines is 1. The lowest BCUT2D eigenvalue weighted by atomic mass is 10.0. The van der Waals surface area contributed by atoms with Crippen LogP contribution in [0.15, 0.2) is 59.8 Å². The second kappa shape index (κ2) is 7.05. The van der Waals surface area contributed by atoms with E-state index in [0.717, 1.165) is 5.56 Å². The van der Waals surface area contributed by atoms with E-state index in [2.05, 4.69) is 9.97 Å². The van der Waals surface area contributed by atoms with Gasteiger partial charge in [0.2, 0.25) is 0 Å². The van der Waals surface area contributed by atoms with Crippen molar-refractivity contribution in [3.8, 4) is 22.4 Å². The predicted octanol–water partition coefficient (Wildman–Crippen LogP) is 4.44. The highest BCUT2D eigenvalue weighted by atomic mass is 32.2. The molecule has 1 heterocycles. The molecule has 2 N–H and O–H groups in total. The van der Waals surface area contributed by atoms with Crippen molar-refractivity contribution >= 4 is 17.0 Å². The molecule has 1 atom stereocenters. The van der Waals surface area contributed by atoms with Gasteiger partial charge in [-0.3, -0.25) is 4.98 Å². The van der Waals surface area contributed by atoms with Crippen LogP contribution in [-0.4, -0.2) is 19.3 Å². The number of nitrogens with two attached hydrogens (primary N) is 1. The van der Waals surface area contributed by atoms with Crippen molar-refractivity contribution in [3.63, 3.8) is 0 Å². The van der Waals surface area contributed by atoms with Crippen molar-refractivity contribution in [3.05, 3.63) is 60.7 Å². The average molecular weight is 369 g/mol. The molecule has 4 nitrogen and oxygen atoms in total. The molecule has 0 spiro atoms. The van der Waals surface area contributed by atoms with Gasteiger partial charge in [-0.2, -0.15) is 0 Å². The molecule has 0 aliphatic rings. The third-order valence-electron chi connectivity index (χ3n) is 3.87. The number of benzene rings is 2. The van der Waals surface area contributed by atoms with Crippen LogP contribution in [0.4, 0.5) is 10.2 Å². The topological polar surface area (TPSA) is 74.9 Å². The molecular weight excluding hydrogens is 349 g/mol. The van der Waals surface area contributed by atoms with Crippen LogP contribution in [0.5, 0.6) is 0 Å². The number of hydrogen-bond donors (Lipinski definition) is 1. The molecule has 0 saturated carbocycles. The summed E-state index contributed by atoms with van der Waals surface area (Å²) in [6.07, 6.45) is 2.83. The highest BCUT2D eigenvalue weighted by Crippen LogP contribution is 2.35. The minimum absolute atomic E-state index is 0.282. The second-order valence-corrected chi connectivity index (χ2v) is 9.10. The van der Waals surface area contributed by atoms with Gasteiger partial charge in [0.1, 0.15) is 16.4 Å². The second-order valence-electron chi connectivity index (χ2n) is 6.90. The third kappa shape index (κ3) is 3.71. The molecule has 0 saturated heterocycles. The van der Waals surface area contributed by atoms with E-state index in [4.69, 9.17) is 5.73 Å². The Labute approximate surface area is 155 Å². The molecule has 0 amide bonds. The van der Waals surface area contributed by atoms with Gasteiger partial charge in [-0.25, -0.2) is 9.37 Å². The normalized spacial score (nSPS) is 12.8. The molecular formula is C20H20FN3OS. The van der Waals surface area contributed by atoms with Gasteiger partial charge in [0.15, 0.2) is 4.90 Å². The zero-order valence-electron chi connectivity index (χ0n) is 14.9. The molecule has 2 aromatic carbocycles. The number of rotatable bonds is 3. The largest absolute Gasteiger partial charge is 0.611 e. The van der Waals surface area contributed by atoms with Crippen LogP contribution in [0.3, 0.4) is 0 Å². The fraction of sp³-hybridized carbons (Fsp3) is 0.200. The Morgan fingerprint density at radius 3 is 2.35 bits per heavy atom. The fourth-order valence-corrected chi connectivity index (χ4v) is 3.81. The smallest absolute Gasteiger partial charge is 0.161 e.